The largest absolute Gasteiger partial charge is 0.488 e. The SMILES string of the molecule is CCC(CC(N)=S)Oc1cc(Cl)c(Cl)cc1Cl. The summed E-state index contributed by atoms with van der Waals surface area (Å²) in [6.45, 7) is 1.98. The predicted molar refractivity (Wildman–Crippen MR) is 77.6 cm³/mol. The van der Waals surface area contributed by atoms with Gasteiger partial charge in [-0.3, -0.25) is 0 Å². The number of ether oxygens (including phenoxy) is 1. The summed E-state index contributed by atoms with van der Waals surface area (Å²) in [5.41, 5.74) is 5.49. The summed E-state index contributed by atoms with van der Waals surface area (Å²) in [5.74, 6) is 0.490. The van der Waals surface area contributed by atoms with E-state index in [-0.39, 0.29) is 6.10 Å². The minimum atomic E-state index is -0.109. The van der Waals surface area contributed by atoms with Gasteiger partial charge >= 0.3 is 0 Å². The molecule has 0 amide bonds. The Hall–Kier alpha value is -0.220. The summed E-state index contributed by atoms with van der Waals surface area (Å²) in [6.07, 6.45) is 1.17. The standard InChI is InChI=1S/C11H12Cl3NOS/c1-2-6(3-11(15)17)16-10-5-8(13)7(12)4-9(10)14/h4-6H,2-3H2,1H3,(H2,15,17). The van der Waals surface area contributed by atoms with E-state index < -0.39 is 0 Å². The quantitative estimate of drug-likeness (QED) is 0.643. The second kappa shape index (κ2) is 6.64. The van der Waals surface area contributed by atoms with Gasteiger partial charge in [0.2, 0.25) is 0 Å². The van der Waals surface area contributed by atoms with Crippen LogP contribution in [0.3, 0.4) is 0 Å². The van der Waals surface area contributed by atoms with Crippen molar-refractivity contribution in [2.75, 3.05) is 0 Å². The first-order valence-corrected chi connectivity index (χ1v) is 6.57. The number of hydrogen-bond acceptors (Lipinski definition) is 2. The zero-order valence-electron chi connectivity index (χ0n) is 9.17. The Morgan fingerprint density at radius 2 is 1.88 bits per heavy atom. The highest BCUT2D eigenvalue weighted by molar-refractivity contribution is 7.80. The second-order valence-corrected chi connectivity index (χ2v) is 5.26. The van der Waals surface area contributed by atoms with Crippen molar-refractivity contribution in [3.8, 4) is 5.75 Å². The average molecular weight is 313 g/mol. The lowest BCUT2D eigenvalue weighted by atomic mass is 10.2. The molecule has 0 saturated heterocycles. The third kappa shape index (κ3) is 4.51. The number of benzene rings is 1. The van der Waals surface area contributed by atoms with Crippen molar-refractivity contribution in [1.29, 1.82) is 0 Å². The molecular weight excluding hydrogens is 301 g/mol. The average Bonchev–Trinajstić information content (AvgIpc) is 2.24. The Morgan fingerprint density at radius 3 is 2.41 bits per heavy atom. The van der Waals surface area contributed by atoms with Crippen LogP contribution in [-0.2, 0) is 0 Å². The zero-order valence-corrected chi connectivity index (χ0v) is 12.3. The Bertz CT molecular complexity index is 425. The van der Waals surface area contributed by atoms with Gasteiger partial charge in [0.05, 0.1) is 20.1 Å². The van der Waals surface area contributed by atoms with Gasteiger partial charge < -0.3 is 10.5 Å². The second-order valence-electron chi connectivity index (χ2n) is 3.52. The van der Waals surface area contributed by atoms with Crippen LogP contribution in [0.4, 0.5) is 0 Å². The number of thiocarbonyl (C=S) groups is 1. The maximum atomic E-state index is 6.01. The van der Waals surface area contributed by atoms with Gasteiger partial charge in [-0.25, -0.2) is 0 Å². The molecule has 1 unspecified atom stereocenters. The molecule has 0 fully saturated rings. The Labute approximate surface area is 121 Å². The van der Waals surface area contributed by atoms with Crippen molar-refractivity contribution in [1.82, 2.24) is 0 Å². The first-order valence-electron chi connectivity index (χ1n) is 5.03. The van der Waals surface area contributed by atoms with Gasteiger partial charge in [0.25, 0.3) is 0 Å². The van der Waals surface area contributed by atoms with Crippen LogP contribution in [0.15, 0.2) is 12.1 Å². The minimum Gasteiger partial charge on any atom is -0.488 e. The third-order valence-electron chi connectivity index (χ3n) is 2.15. The molecule has 0 aromatic heterocycles. The van der Waals surface area contributed by atoms with E-state index in [0.717, 1.165) is 6.42 Å². The van der Waals surface area contributed by atoms with E-state index >= 15 is 0 Å². The van der Waals surface area contributed by atoms with E-state index in [1.165, 1.54) is 0 Å². The van der Waals surface area contributed by atoms with Gasteiger partial charge in [0.15, 0.2) is 0 Å². The highest BCUT2D eigenvalue weighted by atomic mass is 35.5. The maximum Gasteiger partial charge on any atom is 0.139 e. The lowest BCUT2D eigenvalue weighted by Gasteiger charge is -2.18. The van der Waals surface area contributed by atoms with E-state index in [1.807, 2.05) is 6.92 Å². The van der Waals surface area contributed by atoms with Crippen LogP contribution in [0.5, 0.6) is 5.75 Å². The van der Waals surface area contributed by atoms with E-state index in [9.17, 15) is 0 Å². The van der Waals surface area contributed by atoms with Crippen LogP contribution < -0.4 is 10.5 Å². The van der Waals surface area contributed by atoms with Gasteiger partial charge in [-0.1, -0.05) is 53.9 Å². The van der Waals surface area contributed by atoms with Gasteiger partial charge in [-0.15, -0.1) is 0 Å². The van der Waals surface area contributed by atoms with Crippen molar-refractivity contribution in [3.63, 3.8) is 0 Å². The molecule has 0 radical (unpaired) electrons. The highest BCUT2D eigenvalue weighted by Gasteiger charge is 2.13. The Balaban J connectivity index is 2.86. The summed E-state index contributed by atoms with van der Waals surface area (Å²) >= 11 is 22.6. The van der Waals surface area contributed by atoms with Gasteiger partial charge in [0, 0.05) is 12.5 Å². The molecule has 1 aromatic rings. The molecule has 1 atom stereocenters. The van der Waals surface area contributed by atoms with Gasteiger partial charge in [0.1, 0.15) is 11.9 Å². The Kier molecular flexibility index (Phi) is 5.80. The smallest absolute Gasteiger partial charge is 0.139 e. The molecule has 0 bridgehead atoms. The minimum absolute atomic E-state index is 0.109. The summed E-state index contributed by atoms with van der Waals surface area (Å²) in [5, 5.41) is 1.21. The van der Waals surface area contributed by atoms with Gasteiger partial charge in [-0.05, 0) is 12.5 Å². The fraction of sp³-hybridized carbons (Fsp3) is 0.364. The molecule has 0 saturated carbocycles. The maximum absolute atomic E-state index is 6.01. The summed E-state index contributed by atoms with van der Waals surface area (Å²) in [7, 11) is 0. The molecule has 1 aromatic carbocycles. The normalized spacial score (nSPS) is 12.2. The number of halogens is 3. The number of rotatable bonds is 5. The molecule has 2 N–H and O–H groups in total. The van der Waals surface area contributed by atoms with Crippen molar-refractivity contribution >= 4 is 52.0 Å². The molecule has 17 heavy (non-hydrogen) atoms. The Morgan fingerprint density at radius 1 is 1.29 bits per heavy atom. The lowest BCUT2D eigenvalue weighted by molar-refractivity contribution is 0.205. The van der Waals surface area contributed by atoms with E-state index in [2.05, 4.69) is 0 Å². The predicted octanol–water partition coefficient (Wildman–Crippen LogP) is 4.48. The van der Waals surface area contributed by atoms with E-state index in [4.69, 9.17) is 57.5 Å². The van der Waals surface area contributed by atoms with Crippen LogP contribution in [0.2, 0.25) is 15.1 Å². The number of hydrogen-bond donors (Lipinski definition) is 1. The lowest BCUT2D eigenvalue weighted by Crippen LogP contribution is -2.23. The molecule has 1 rings (SSSR count). The van der Waals surface area contributed by atoms with Crippen LogP contribution in [0.1, 0.15) is 19.8 Å². The first kappa shape index (κ1) is 14.8. The van der Waals surface area contributed by atoms with Crippen molar-refractivity contribution in [2.24, 2.45) is 5.73 Å². The molecule has 2 nitrogen and oxygen atoms in total. The highest BCUT2D eigenvalue weighted by Crippen LogP contribution is 2.34. The first-order chi connectivity index (χ1) is 7.93. The third-order valence-corrected chi connectivity index (χ3v) is 3.34. The van der Waals surface area contributed by atoms with Crippen molar-refractivity contribution < 1.29 is 4.74 Å². The summed E-state index contributed by atoms with van der Waals surface area (Å²) in [4.78, 5) is 0.410. The molecule has 94 valence electrons. The monoisotopic (exact) mass is 311 g/mol. The van der Waals surface area contributed by atoms with Crippen LogP contribution >= 0.6 is 47.0 Å². The molecule has 0 aliphatic rings. The molecule has 0 aliphatic carbocycles. The zero-order chi connectivity index (χ0) is 13.0. The van der Waals surface area contributed by atoms with Crippen LogP contribution in [0.25, 0.3) is 0 Å². The number of nitrogens with two attached hydrogens (primary N) is 1. The molecule has 0 aliphatic heterocycles. The summed E-state index contributed by atoms with van der Waals surface area (Å²) in [6, 6.07) is 3.14. The van der Waals surface area contributed by atoms with Crippen molar-refractivity contribution in [3.05, 3.63) is 27.2 Å². The van der Waals surface area contributed by atoms with Crippen LogP contribution in [0, 0.1) is 0 Å². The van der Waals surface area contributed by atoms with Crippen LogP contribution in [-0.4, -0.2) is 11.1 Å². The van der Waals surface area contributed by atoms with Gasteiger partial charge in [-0.2, -0.15) is 0 Å². The molecule has 0 heterocycles. The molecule has 0 spiro atoms. The fourth-order valence-corrected chi connectivity index (χ4v) is 2.04. The van der Waals surface area contributed by atoms with E-state index in [0.29, 0.717) is 32.2 Å². The van der Waals surface area contributed by atoms with Crippen molar-refractivity contribution in [2.45, 2.75) is 25.9 Å². The fourth-order valence-electron chi connectivity index (χ4n) is 1.27. The van der Waals surface area contributed by atoms with E-state index in [1.54, 1.807) is 12.1 Å². The molecular formula is C11H12Cl3NOS. The molecule has 6 heteroatoms. The topological polar surface area (TPSA) is 35.2 Å². The summed E-state index contributed by atoms with van der Waals surface area (Å²) < 4.78 is 5.70.